The molecule has 2 aromatic carbocycles. The molecule has 0 spiro atoms. The summed E-state index contributed by atoms with van der Waals surface area (Å²) < 4.78 is 11.8. The first kappa shape index (κ1) is 12.6. The van der Waals surface area contributed by atoms with Crippen molar-refractivity contribution in [2.45, 2.75) is 0 Å². The zero-order valence-corrected chi connectivity index (χ0v) is 11.3. The van der Waals surface area contributed by atoms with Crippen LogP contribution in [0.4, 0.5) is 0 Å². The number of hydrogen-bond acceptors (Lipinski definition) is 3. The number of aldehydes is 1. The molecule has 0 aromatic heterocycles. The van der Waals surface area contributed by atoms with E-state index in [4.69, 9.17) is 9.47 Å². The van der Waals surface area contributed by atoms with Crippen molar-refractivity contribution in [1.29, 1.82) is 0 Å². The minimum atomic E-state index is 0.490. The lowest BCUT2D eigenvalue weighted by Crippen LogP contribution is -1.93. The van der Waals surface area contributed by atoms with Crippen LogP contribution in [0.5, 0.6) is 17.2 Å². The Hall–Kier alpha value is -1.81. The molecule has 0 aliphatic rings. The van der Waals surface area contributed by atoms with Gasteiger partial charge in [0.05, 0.1) is 12.7 Å². The number of methoxy groups -OCH3 is 1. The average molecular weight is 307 g/mol. The third kappa shape index (κ3) is 2.71. The zero-order valence-electron chi connectivity index (χ0n) is 9.72. The van der Waals surface area contributed by atoms with Crippen LogP contribution in [0.3, 0.4) is 0 Å². The molecule has 4 heteroatoms. The highest BCUT2D eigenvalue weighted by Gasteiger charge is 2.08. The van der Waals surface area contributed by atoms with Crippen molar-refractivity contribution >= 4 is 22.2 Å². The predicted molar refractivity (Wildman–Crippen MR) is 72.6 cm³/mol. The quantitative estimate of drug-likeness (QED) is 0.799. The van der Waals surface area contributed by atoms with Crippen LogP contribution in [0, 0.1) is 0 Å². The van der Waals surface area contributed by atoms with Gasteiger partial charge in [-0.1, -0.05) is 28.1 Å². The molecule has 0 radical (unpaired) electrons. The van der Waals surface area contributed by atoms with Crippen LogP contribution in [0.2, 0.25) is 0 Å². The summed E-state index contributed by atoms with van der Waals surface area (Å²) in [6.07, 6.45) is 0.761. The Kier molecular flexibility index (Phi) is 3.99. The van der Waals surface area contributed by atoms with E-state index in [-0.39, 0.29) is 0 Å². The summed E-state index contributed by atoms with van der Waals surface area (Å²) in [6.45, 7) is 0. The summed E-state index contributed by atoms with van der Waals surface area (Å²) >= 11 is 3.35. The van der Waals surface area contributed by atoms with Crippen molar-refractivity contribution in [3.05, 3.63) is 52.5 Å². The maximum Gasteiger partial charge on any atom is 0.169 e. The largest absolute Gasteiger partial charge is 0.493 e. The molecule has 2 rings (SSSR count). The Morgan fingerprint density at radius 1 is 1.06 bits per heavy atom. The van der Waals surface area contributed by atoms with Gasteiger partial charge in [0.25, 0.3) is 0 Å². The monoisotopic (exact) mass is 306 g/mol. The maximum atomic E-state index is 11.0. The Bertz CT molecular complexity index is 567. The molecule has 0 bridgehead atoms. The highest BCUT2D eigenvalue weighted by Crippen LogP contribution is 2.33. The number of halogens is 1. The Morgan fingerprint density at radius 2 is 1.78 bits per heavy atom. The number of benzene rings is 2. The van der Waals surface area contributed by atoms with Crippen molar-refractivity contribution in [3.8, 4) is 17.2 Å². The first-order chi connectivity index (χ1) is 8.74. The van der Waals surface area contributed by atoms with E-state index >= 15 is 0 Å². The molecule has 0 saturated heterocycles. The third-order valence-corrected chi connectivity index (χ3v) is 2.88. The van der Waals surface area contributed by atoms with Gasteiger partial charge in [-0.05, 0) is 30.3 Å². The predicted octanol–water partition coefficient (Wildman–Crippen LogP) is 4.06. The standard InChI is InChI=1S/C14H11BrO3/c1-17-12-4-2-3-5-13(12)18-14-8-11(15)7-6-10(14)9-16/h2-9H,1H3. The second-order valence-electron chi connectivity index (χ2n) is 3.55. The van der Waals surface area contributed by atoms with E-state index in [0.717, 1.165) is 10.8 Å². The highest BCUT2D eigenvalue weighted by atomic mass is 79.9. The second-order valence-corrected chi connectivity index (χ2v) is 4.47. The van der Waals surface area contributed by atoms with Crippen LogP contribution in [0.25, 0.3) is 0 Å². The molecular formula is C14H11BrO3. The second kappa shape index (κ2) is 5.69. The summed E-state index contributed by atoms with van der Waals surface area (Å²) in [5, 5.41) is 0. The number of ether oxygens (including phenoxy) is 2. The van der Waals surface area contributed by atoms with Gasteiger partial charge in [0.1, 0.15) is 5.75 Å². The lowest BCUT2D eigenvalue weighted by Gasteiger charge is -2.11. The molecule has 0 saturated carbocycles. The van der Waals surface area contributed by atoms with Crippen LogP contribution >= 0.6 is 15.9 Å². The number of rotatable bonds is 4. The maximum absolute atomic E-state index is 11.0. The summed E-state index contributed by atoms with van der Waals surface area (Å²) in [5.74, 6) is 1.68. The van der Waals surface area contributed by atoms with Crippen LogP contribution in [0.15, 0.2) is 46.9 Å². The van der Waals surface area contributed by atoms with Crippen molar-refractivity contribution in [1.82, 2.24) is 0 Å². The first-order valence-electron chi connectivity index (χ1n) is 5.30. The van der Waals surface area contributed by atoms with Gasteiger partial charge in [-0.3, -0.25) is 4.79 Å². The molecule has 0 amide bonds. The number of carbonyl (C=O) groups is 1. The Balaban J connectivity index is 2.39. The van der Waals surface area contributed by atoms with Crippen LogP contribution in [-0.2, 0) is 0 Å². The molecule has 0 aliphatic carbocycles. The molecule has 2 aromatic rings. The molecule has 0 heterocycles. The van der Waals surface area contributed by atoms with E-state index < -0.39 is 0 Å². The van der Waals surface area contributed by atoms with E-state index in [9.17, 15) is 4.79 Å². The van der Waals surface area contributed by atoms with E-state index in [1.165, 1.54) is 0 Å². The highest BCUT2D eigenvalue weighted by molar-refractivity contribution is 9.10. The van der Waals surface area contributed by atoms with Crippen molar-refractivity contribution in [2.24, 2.45) is 0 Å². The molecule has 0 unspecified atom stereocenters. The number of hydrogen-bond donors (Lipinski definition) is 0. The Morgan fingerprint density at radius 3 is 2.44 bits per heavy atom. The first-order valence-corrected chi connectivity index (χ1v) is 6.09. The lowest BCUT2D eigenvalue weighted by atomic mass is 10.2. The minimum absolute atomic E-state index is 0.490. The van der Waals surface area contributed by atoms with E-state index in [1.54, 1.807) is 37.4 Å². The van der Waals surface area contributed by atoms with Gasteiger partial charge in [0.15, 0.2) is 17.8 Å². The molecule has 3 nitrogen and oxygen atoms in total. The van der Waals surface area contributed by atoms with Crippen molar-refractivity contribution in [3.63, 3.8) is 0 Å². The van der Waals surface area contributed by atoms with Gasteiger partial charge in [0, 0.05) is 4.47 Å². The number of para-hydroxylation sites is 2. The molecule has 92 valence electrons. The van der Waals surface area contributed by atoms with Crippen LogP contribution in [0.1, 0.15) is 10.4 Å². The fourth-order valence-electron chi connectivity index (χ4n) is 1.52. The summed E-state index contributed by atoms with van der Waals surface area (Å²) in [5.41, 5.74) is 0.490. The molecule has 0 atom stereocenters. The molecular weight excluding hydrogens is 296 g/mol. The van der Waals surface area contributed by atoms with Gasteiger partial charge in [-0.15, -0.1) is 0 Å². The molecule has 0 N–H and O–H groups in total. The van der Waals surface area contributed by atoms with E-state index in [2.05, 4.69) is 15.9 Å². The normalized spacial score (nSPS) is 9.89. The summed E-state index contributed by atoms with van der Waals surface area (Å²) in [6, 6.07) is 12.5. The SMILES string of the molecule is COc1ccccc1Oc1cc(Br)ccc1C=O. The van der Waals surface area contributed by atoms with Gasteiger partial charge < -0.3 is 9.47 Å². The lowest BCUT2D eigenvalue weighted by molar-refractivity contribution is 0.112. The summed E-state index contributed by atoms with van der Waals surface area (Å²) in [7, 11) is 1.57. The van der Waals surface area contributed by atoms with Gasteiger partial charge in [0.2, 0.25) is 0 Å². The summed E-state index contributed by atoms with van der Waals surface area (Å²) in [4.78, 5) is 11.0. The van der Waals surface area contributed by atoms with Gasteiger partial charge >= 0.3 is 0 Å². The van der Waals surface area contributed by atoms with Gasteiger partial charge in [-0.25, -0.2) is 0 Å². The fraction of sp³-hybridized carbons (Fsp3) is 0.0714. The topological polar surface area (TPSA) is 35.5 Å². The van der Waals surface area contributed by atoms with Crippen molar-refractivity contribution in [2.75, 3.05) is 7.11 Å². The third-order valence-electron chi connectivity index (χ3n) is 2.39. The van der Waals surface area contributed by atoms with E-state index in [1.807, 2.05) is 12.1 Å². The fourth-order valence-corrected chi connectivity index (χ4v) is 1.86. The van der Waals surface area contributed by atoms with E-state index in [0.29, 0.717) is 22.8 Å². The zero-order chi connectivity index (χ0) is 13.0. The molecule has 18 heavy (non-hydrogen) atoms. The van der Waals surface area contributed by atoms with Crippen molar-refractivity contribution < 1.29 is 14.3 Å². The average Bonchev–Trinajstić information content (AvgIpc) is 2.40. The molecule has 0 aliphatic heterocycles. The smallest absolute Gasteiger partial charge is 0.169 e. The number of carbonyl (C=O) groups excluding carboxylic acids is 1. The van der Waals surface area contributed by atoms with Crippen LogP contribution in [-0.4, -0.2) is 13.4 Å². The Labute approximate surface area is 113 Å². The minimum Gasteiger partial charge on any atom is -0.493 e. The van der Waals surface area contributed by atoms with Crippen LogP contribution < -0.4 is 9.47 Å². The molecule has 0 fully saturated rings. The van der Waals surface area contributed by atoms with Gasteiger partial charge in [-0.2, -0.15) is 0 Å².